The average molecular weight is 372 g/mol. The van der Waals surface area contributed by atoms with Crippen LogP contribution in [-0.2, 0) is 17.9 Å². The van der Waals surface area contributed by atoms with Crippen molar-refractivity contribution in [1.29, 1.82) is 5.26 Å². The number of hydrogen-bond acceptors (Lipinski definition) is 5. The van der Waals surface area contributed by atoms with E-state index in [-0.39, 0.29) is 17.4 Å². The maximum absolute atomic E-state index is 13.8. The predicted octanol–water partition coefficient (Wildman–Crippen LogP) is 3.07. The number of carbonyl (C=O) groups is 1. The van der Waals surface area contributed by atoms with Crippen molar-refractivity contribution in [3.05, 3.63) is 75.0 Å². The first kappa shape index (κ1) is 17.6. The van der Waals surface area contributed by atoms with Crippen LogP contribution in [0.1, 0.15) is 16.2 Å². The van der Waals surface area contributed by atoms with E-state index in [9.17, 15) is 14.0 Å². The number of rotatable bonds is 4. The van der Waals surface area contributed by atoms with E-state index >= 15 is 0 Å². The summed E-state index contributed by atoms with van der Waals surface area (Å²) >= 11 is 5.84. The fraction of sp³-hybridized carbons (Fsp3) is 0.111. The van der Waals surface area contributed by atoms with Gasteiger partial charge in [0.2, 0.25) is 0 Å². The Hall–Kier alpha value is -3.24. The summed E-state index contributed by atoms with van der Waals surface area (Å²) in [4.78, 5) is 28.9. The SMILES string of the molecule is N#CCn1c(COC(=O)c2c(F)cccc2Cl)nc2ccccc2c1=O. The van der Waals surface area contributed by atoms with Gasteiger partial charge in [0, 0.05) is 0 Å². The van der Waals surface area contributed by atoms with Gasteiger partial charge in [-0.2, -0.15) is 5.26 Å². The minimum absolute atomic E-state index is 0.0797. The third-order valence-electron chi connectivity index (χ3n) is 3.67. The molecule has 0 saturated heterocycles. The van der Waals surface area contributed by atoms with Crippen molar-refractivity contribution in [1.82, 2.24) is 9.55 Å². The summed E-state index contributed by atoms with van der Waals surface area (Å²) in [5.74, 6) is -1.72. The quantitative estimate of drug-likeness (QED) is 0.658. The number of carbonyl (C=O) groups excluding carboxylic acids is 1. The van der Waals surface area contributed by atoms with Gasteiger partial charge in [0.05, 0.1) is 22.0 Å². The summed E-state index contributed by atoms with van der Waals surface area (Å²) in [5, 5.41) is 9.21. The zero-order valence-corrected chi connectivity index (χ0v) is 14.0. The molecule has 3 aromatic rings. The molecule has 2 aromatic carbocycles. The van der Waals surface area contributed by atoms with Crippen LogP contribution in [0.5, 0.6) is 0 Å². The summed E-state index contributed by atoms with van der Waals surface area (Å²) in [7, 11) is 0. The molecule has 0 atom stereocenters. The van der Waals surface area contributed by atoms with Gasteiger partial charge >= 0.3 is 5.97 Å². The van der Waals surface area contributed by atoms with Gasteiger partial charge in [0.15, 0.2) is 5.82 Å². The molecule has 26 heavy (non-hydrogen) atoms. The standard InChI is InChI=1S/C18H11ClFN3O3/c19-12-5-3-6-13(20)16(12)18(25)26-10-15-22-14-7-2-1-4-11(14)17(24)23(15)9-8-21/h1-7H,9-10H2. The largest absolute Gasteiger partial charge is 0.454 e. The summed E-state index contributed by atoms with van der Waals surface area (Å²) in [6.45, 7) is -0.671. The number of esters is 1. The molecule has 0 aliphatic heterocycles. The van der Waals surface area contributed by atoms with Crippen LogP contribution in [0.3, 0.4) is 0 Å². The van der Waals surface area contributed by atoms with Crippen molar-refractivity contribution in [3.63, 3.8) is 0 Å². The summed E-state index contributed by atoms with van der Waals surface area (Å²) in [5.41, 5.74) is -0.419. The molecule has 1 heterocycles. The van der Waals surface area contributed by atoms with Gasteiger partial charge in [-0.05, 0) is 24.3 Å². The second-order valence-electron chi connectivity index (χ2n) is 5.27. The van der Waals surface area contributed by atoms with Crippen LogP contribution in [0.2, 0.25) is 5.02 Å². The van der Waals surface area contributed by atoms with E-state index in [2.05, 4.69) is 4.98 Å². The smallest absolute Gasteiger partial charge is 0.343 e. The number of hydrogen-bond donors (Lipinski definition) is 0. The Kier molecular flexibility index (Phi) is 4.96. The Morgan fingerprint density at radius 1 is 1.27 bits per heavy atom. The van der Waals surface area contributed by atoms with Crippen LogP contribution < -0.4 is 5.56 Å². The minimum atomic E-state index is -0.987. The second-order valence-corrected chi connectivity index (χ2v) is 5.67. The molecule has 0 N–H and O–H groups in total. The number of fused-ring (bicyclic) bond motifs is 1. The number of ether oxygens (including phenoxy) is 1. The van der Waals surface area contributed by atoms with Gasteiger partial charge in [-0.3, -0.25) is 9.36 Å². The van der Waals surface area contributed by atoms with Crippen molar-refractivity contribution >= 4 is 28.5 Å². The second kappa shape index (κ2) is 7.33. The molecule has 8 heteroatoms. The Labute approximate surface area is 152 Å². The van der Waals surface area contributed by atoms with Crippen LogP contribution in [0.15, 0.2) is 47.3 Å². The number of benzene rings is 2. The Morgan fingerprint density at radius 3 is 2.77 bits per heavy atom. The number of halogens is 2. The highest BCUT2D eigenvalue weighted by molar-refractivity contribution is 6.33. The first-order valence-corrected chi connectivity index (χ1v) is 7.87. The molecule has 0 aliphatic carbocycles. The molecule has 0 spiro atoms. The van der Waals surface area contributed by atoms with Gasteiger partial charge in [-0.1, -0.05) is 29.8 Å². The lowest BCUT2D eigenvalue weighted by molar-refractivity contribution is 0.0452. The zero-order valence-electron chi connectivity index (χ0n) is 13.3. The highest BCUT2D eigenvalue weighted by Crippen LogP contribution is 2.20. The minimum Gasteiger partial charge on any atom is -0.454 e. The maximum Gasteiger partial charge on any atom is 0.343 e. The van der Waals surface area contributed by atoms with E-state index in [1.165, 1.54) is 12.1 Å². The lowest BCUT2D eigenvalue weighted by atomic mass is 10.2. The van der Waals surface area contributed by atoms with Gasteiger partial charge in [0.1, 0.15) is 24.5 Å². The Bertz CT molecular complexity index is 1080. The maximum atomic E-state index is 13.8. The molecule has 0 aliphatic rings. The molecule has 0 unspecified atom stereocenters. The van der Waals surface area contributed by atoms with Crippen molar-refractivity contribution in [2.45, 2.75) is 13.2 Å². The third-order valence-corrected chi connectivity index (χ3v) is 3.98. The van der Waals surface area contributed by atoms with E-state index in [0.717, 1.165) is 10.6 Å². The zero-order chi connectivity index (χ0) is 18.7. The molecule has 0 radical (unpaired) electrons. The molecule has 130 valence electrons. The molecule has 6 nitrogen and oxygen atoms in total. The van der Waals surface area contributed by atoms with Gasteiger partial charge in [0.25, 0.3) is 5.56 Å². The molecular weight excluding hydrogens is 361 g/mol. The summed E-state index contributed by atoms with van der Waals surface area (Å²) in [6.07, 6.45) is 0. The van der Waals surface area contributed by atoms with Crippen LogP contribution in [0, 0.1) is 17.1 Å². The summed E-state index contributed by atoms with van der Waals surface area (Å²) < 4.78 is 20.0. The highest BCUT2D eigenvalue weighted by Gasteiger charge is 2.19. The Balaban J connectivity index is 1.96. The van der Waals surface area contributed by atoms with Gasteiger partial charge in [-0.25, -0.2) is 14.2 Å². The summed E-state index contributed by atoms with van der Waals surface area (Å²) in [6, 6.07) is 12.3. The highest BCUT2D eigenvalue weighted by atomic mass is 35.5. The van der Waals surface area contributed by atoms with E-state index in [1.54, 1.807) is 24.3 Å². The molecule has 1 aromatic heterocycles. The van der Waals surface area contributed by atoms with Crippen LogP contribution in [0.25, 0.3) is 10.9 Å². The Morgan fingerprint density at radius 2 is 2.04 bits per heavy atom. The van der Waals surface area contributed by atoms with E-state index in [4.69, 9.17) is 21.6 Å². The van der Waals surface area contributed by atoms with Crippen molar-refractivity contribution in [3.8, 4) is 6.07 Å². The van der Waals surface area contributed by atoms with Gasteiger partial charge < -0.3 is 4.74 Å². The lowest BCUT2D eigenvalue weighted by Gasteiger charge is -2.12. The van der Waals surface area contributed by atoms with Crippen LogP contribution in [-0.4, -0.2) is 15.5 Å². The number of nitriles is 1. The fourth-order valence-electron chi connectivity index (χ4n) is 2.45. The molecule has 0 amide bonds. The van der Waals surface area contributed by atoms with E-state index in [1.807, 2.05) is 6.07 Å². The molecule has 0 bridgehead atoms. The van der Waals surface area contributed by atoms with Gasteiger partial charge in [-0.15, -0.1) is 0 Å². The molecule has 0 saturated carbocycles. The van der Waals surface area contributed by atoms with Crippen molar-refractivity contribution < 1.29 is 13.9 Å². The predicted molar refractivity (Wildman–Crippen MR) is 92.1 cm³/mol. The first-order valence-electron chi connectivity index (χ1n) is 7.49. The topological polar surface area (TPSA) is 85.0 Å². The molecular formula is C18H11ClFN3O3. The molecule has 0 fully saturated rings. The number of para-hydroxylation sites is 1. The van der Waals surface area contributed by atoms with E-state index < -0.39 is 29.5 Å². The molecule has 3 rings (SSSR count). The number of nitrogens with zero attached hydrogens (tertiary/aromatic N) is 3. The average Bonchev–Trinajstić information content (AvgIpc) is 2.62. The van der Waals surface area contributed by atoms with Crippen molar-refractivity contribution in [2.75, 3.05) is 0 Å². The van der Waals surface area contributed by atoms with Crippen LogP contribution >= 0.6 is 11.6 Å². The number of aromatic nitrogens is 2. The first-order chi connectivity index (χ1) is 12.5. The monoisotopic (exact) mass is 371 g/mol. The van der Waals surface area contributed by atoms with Crippen LogP contribution in [0.4, 0.5) is 4.39 Å². The van der Waals surface area contributed by atoms with E-state index in [0.29, 0.717) is 10.9 Å². The van der Waals surface area contributed by atoms with Crippen molar-refractivity contribution in [2.24, 2.45) is 0 Å². The lowest BCUT2D eigenvalue weighted by Crippen LogP contribution is -2.26. The fourth-order valence-corrected chi connectivity index (χ4v) is 2.69. The third kappa shape index (κ3) is 3.27. The normalized spacial score (nSPS) is 10.5.